The van der Waals surface area contributed by atoms with Gasteiger partial charge in [0.25, 0.3) is 11.8 Å². The third kappa shape index (κ3) is 3.91. The van der Waals surface area contributed by atoms with Crippen LogP contribution in [0.3, 0.4) is 0 Å². The molecule has 158 valence electrons. The molecule has 6 nitrogen and oxygen atoms in total. The number of carbonyl (C=O) groups is 2. The number of imide groups is 1. The molecule has 0 aliphatic carbocycles. The lowest BCUT2D eigenvalue weighted by Gasteiger charge is -2.32. The van der Waals surface area contributed by atoms with E-state index in [9.17, 15) is 9.59 Å². The van der Waals surface area contributed by atoms with E-state index in [2.05, 4.69) is 17.9 Å². The van der Waals surface area contributed by atoms with Gasteiger partial charge in [-0.2, -0.15) is 5.26 Å². The lowest BCUT2D eigenvalue weighted by Crippen LogP contribution is -2.38. The minimum Gasteiger partial charge on any atom is -0.494 e. The van der Waals surface area contributed by atoms with Crippen LogP contribution < -0.4 is 9.64 Å². The molecule has 31 heavy (non-hydrogen) atoms. The predicted molar refractivity (Wildman–Crippen MR) is 118 cm³/mol. The first-order valence-corrected chi connectivity index (χ1v) is 10.6. The Balaban J connectivity index is 1.76. The Labute approximate surface area is 182 Å². The molecule has 2 aliphatic heterocycles. The van der Waals surface area contributed by atoms with Crippen molar-refractivity contribution in [3.63, 3.8) is 0 Å². The molecule has 2 amide bonds. The second kappa shape index (κ2) is 8.65. The summed E-state index contributed by atoms with van der Waals surface area (Å²) in [5.41, 5.74) is 2.54. The molecule has 0 spiro atoms. The molecule has 0 aromatic heterocycles. The monoisotopic (exact) mass is 415 g/mol. The summed E-state index contributed by atoms with van der Waals surface area (Å²) in [7, 11) is 0. The number of ether oxygens (including phenoxy) is 1. The largest absolute Gasteiger partial charge is 0.494 e. The van der Waals surface area contributed by atoms with E-state index in [1.807, 2.05) is 31.2 Å². The molecule has 2 aromatic rings. The van der Waals surface area contributed by atoms with Gasteiger partial charge in [0, 0.05) is 13.1 Å². The highest BCUT2D eigenvalue weighted by Gasteiger charge is 2.42. The fourth-order valence-electron chi connectivity index (χ4n) is 4.11. The van der Waals surface area contributed by atoms with Crippen molar-refractivity contribution in [3.05, 3.63) is 65.4 Å². The lowest BCUT2D eigenvalue weighted by molar-refractivity contribution is -0.120. The van der Waals surface area contributed by atoms with Gasteiger partial charge in [0.15, 0.2) is 0 Å². The van der Waals surface area contributed by atoms with Gasteiger partial charge in [-0.25, -0.2) is 4.90 Å². The maximum atomic E-state index is 13.5. The van der Waals surface area contributed by atoms with Crippen molar-refractivity contribution in [3.8, 4) is 11.8 Å². The van der Waals surface area contributed by atoms with Crippen LogP contribution in [0.2, 0.25) is 0 Å². The van der Waals surface area contributed by atoms with Gasteiger partial charge < -0.3 is 9.64 Å². The minimum atomic E-state index is -0.340. The molecule has 2 aliphatic rings. The van der Waals surface area contributed by atoms with Gasteiger partial charge in [0.05, 0.1) is 29.5 Å². The molecule has 0 bridgehead atoms. The highest BCUT2D eigenvalue weighted by atomic mass is 16.5. The van der Waals surface area contributed by atoms with E-state index in [1.165, 1.54) is 4.90 Å². The third-order valence-electron chi connectivity index (χ3n) is 5.87. The highest BCUT2D eigenvalue weighted by Crippen LogP contribution is 2.36. The Bertz CT molecular complexity index is 1060. The number of amides is 2. The Morgan fingerprint density at radius 3 is 2.23 bits per heavy atom. The molecule has 4 rings (SSSR count). The van der Waals surface area contributed by atoms with Crippen LogP contribution in [0.25, 0.3) is 5.57 Å². The van der Waals surface area contributed by atoms with E-state index in [1.54, 1.807) is 24.3 Å². The number of anilines is 1. The molecule has 0 saturated carbocycles. The van der Waals surface area contributed by atoms with E-state index in [0.29, 0.717) is 40.6 Å². The molecule has 2 aromatic carbocycles. The predicted octanol–water partition coefficient (Wildman–Crippen LogP) is 3.97. The van der Waals surface area contributed by atoms with Crippen LogP contribution in [0.15, 0.2) is 54.2 Å². The average molecular weight is 415 g/mol. The fraction of sp³-hybridized carbons (Fsp3) is 0.320. The number of benzene rings is 2. The van der Waals surface area contributed by atoms with Crippen LogP contribution in [0, 0.1) is 17.2 Å². The van der Waals surface area contributed by atoms with Crippen LogP contribution in [0.1, 0.15) is 37.8 Å². The van der Waals surface area contributed by atoms with Crippen LogP contribution in [-0.2, 0) is 9.59 Å². The molecular weight excluding hydrogens is 390 g/mol. The van der Waals surface area contributed by atoms with Crippen LogP contribution in [0.5, 0.6) is 5.75 Å². The van der Waals surface area contributed by atoms with Gasteiger partial charge in [-0.1, -0.05) is 19.1 Å². The molecule has 0 radical (unpaired) electrons. The molecule has 1 fully saturated rings. The van der Waals surface area contributed by atoms with Crippen molar-refractivity contribution in [2.24, 2.45) is 5.92 Å². The molecule has 1 saturated heterocycles. The molecular formula is C25H25N3O3. The topological polar surface area (TPSA) is 73.6 Å². The summed E-state index contributed by atoms with van der Waals surface area (Å²) in [5.74, 6) is 0.675. The van der Waals surface area contributed by atoms with Crippen molar-refractivity contribution in [1.29, 1.82) is 5.26 Å². The zero-order chi connectivity index (χ0) is 22.0. The summed E-state index contributed by atoms with van der Waals surface area (Å²) in [6.07, 6.45) is 1.97. The van der Waals surface area contributed by atoms with Gasteiger partial charge in [-0.3, -0.25) is 9.59 Å². The number of carbonyl (C=O) groups excluding carboxylic acids is 2. The number of hydrogen-bond acceptors (Lipinski definition) is 5. The summed E-state index contributed by atoms with van der Waals surface area (Å²) >= 11 is 0. The summed E-state index contributed by atoms with van der Waals surface area (Å²) in [6, 6.07) is 15.9. The van der Waals surface area contributed by atoms with Crippen molar-refractivity contribution >= 4 is 23.1 Å². The Morgan fingerprint density at radius 1 is 1.00 bits per heavy atom. The van der Waals surface area contributed by atoms with Crippen molar-refractivity contribution in [2.75, 3.05) is 24.6 Å². The standard InChI is InChI=1S/C25H25N3O3/c1-3-31-21-10-6-19(7-11-21)22-23(27-14-12-17(2)13-15-27)25(30)28(24(22)29)20-8-4-18(16-26)5-9-20/h4-11,17H,3,12-15H2,1-2H3. The van der Waals surface area contributed by atoms with E-state index in [0.717, 1.165) is 31.7 Å². The maximum Gasteiger partial charge on any atom is 0.282 e. The van der Waals surface area contributed by atoms with E-state index < -0.39 is 0 Å². The van der Waals surface area contributed by atoms with E-state index >= 15 is 0 Å². The Morgan fingerprint density at radius 2 is 1.65 bits per heavy atom. The first-order valence-electron chi connectivity index (χ1n) is 10.6. The van der Waals surface area contributed by atoms with Gasteiger partial charge in [-0.05, 0) is 67.6 Å². The summed E-state index contributed by atoms with van der Waals surface area (Å²) in [5, 5.41) is 9.06. The van der Waals surface area contributed by atoms with Crippen molar-refractivity contribution in [2.45, 2.75) is 26.7 Å². The fourth-order valence-corrected chi connectivity index (χ4v) is 4.11. The first kappa shape index (κ1) is 20.7. The molecule has 0 unspecified atom stereocenters. The van der Waals surface area contributed by atoms with E-state index in [-0.39, 0.29) is 11.8 Å². The van der Waals surface area contributed by atoms with Crippen LogP contribution in [0.4, 0.5) is 5.69 Å². The third-order valence-corrected chi connectivity index (χ3v) is 5.87. The smallest absolute Gasteiger partial charge is 0.282 e. The molecule has 6 heteroatoms. The molecule has 2 heterocycles. The summed E-state index contributed by atoms with van der Waals surface area (Å²) < 4.78 is 5.52. The number of piperidine rings is 1. The molecule has 0 atom stereocenters. The Kier molecular flexibility index (Phi) is 5.77. The average Bonchev–Trinajstić information content (AvgIpc) is 3.05. The van der Waals surface area contributed by atoms with Gasteiger partial charge >= 0.3 is 0 Å². The quantitative estimate of drug-likeness (QED) is 0.691. The molecule has 0 N–H and O–H groups in total. The van der Waals surface area contributed by atoms with Gasteiger partial charge in [0.1, 0.15) is 11.4 Å². The lowest BCUT2D eigenvalue weighted by atomic mass is 9.97. The van der Waals surface area contributed by atoms with Crippen LogP contribution >= 0.6 is 0 Å². The van der Waals surface area contributed by atoms with Crippen molar-refractivity contribution < 1.29 is 14.3 Å². The van der Waals surface area contributed by atoms with Crippen molar-refractivity contribution in [1.82, 2.24) is 4.90 Å². The number of likely N-dealkylation sites (tertiary alicyclic amines) is 1. The van der Waals surface area contributed by atoms with Gasteiger partial charge in [0.2, 0.25) is 0 Å². The minimum absolute atomic E-state index is 0.312. The SMILES string of the molecule is CCOc1ccc(C2=C(N3CCC(C)CC3)C(=O)N(c3ccc(C#N)cc3)C2=O)cc1. The highest BCUT2D eigenvalue weighted by molar-refractivity contribution is 6.45. The summed E-state index contributed by atoms with van der Waals surface area (Å²) in [4.78, 5) is 30.3. The first-order chi connectivity index (χ1) is 15.0. The zero-order valence-corrected chi connectivity index (χ0v) is 17.8. The number of hydrogen-bond donors (Lipinski definition) is 0. The van der Waals surface area contributed by atoms with E-state index in [4.69, 9.17) is 10.00 Å². The second-order valence-corrected chi connectivity index (χ2v) is 7.95. The number of rotatable bonds is 5. The van der Waals surface area contributed by atoms with Gasteiger partial charge in [-0.15, -0.1) is 0 Å². The zero-order valence-electron chi connectivity index (χ0n) is 17.8. The maximum absolute atomic E-state index is 13.5. The normalized spacial score (nSPS) is 17.3. The number of nitriles is 1. The Hall–Kier alpha value is -3.59. The summed E-state index contributed by atoms with van der Waals surface area (Å²) in [6.45, 7) is 6.18. The number of nitrogens with zero attached hydrogens (tertiary/aromatic N) is 3. The van der Waals surface area contributed by atoms with Crippen LogP contribution in [-0.4, -0.2) is 36.4 Å². The second-order valence-electron chi connectivity index (χ2n) is 7.95.